The van der Waals surface area contributed by atoms with Crippen LogP contribution in [0.3, 0.4) is 0 Å². The summed E-state index contributed by atoms with van der Waals surface area (Å²) in [6.07, 6.45) is 6.32. The zero-order chi connectivity index (χ0) is 14.8. The Kier molecular flexibility index (Phi) is 8.69. The van der Waals surface area contributed by atoms with E-state index in [9.17, 15) is 0 Å². The molecule has 1 rings (SSSR count). The molecule has 1 aliphatic rings. The third-order valence-electron chi connectivity index (χ3n) is 4.55. The SMILES string of the molecule is CCCN(CCOCCOC)C1(CN)CCCC(C)C1. The van der Waals surface area contributed by atoms with Crippen molar-refractivity contribution < 1.29 is 9.47 Å². The van der Waals surface area contributed by atoms with Crippen LogP contribution in [0.5, 0.6) is 0 Å². The van der Waals surface area contributed by atoms with Gasteiger partial charge in [0.2, 0.25) is 0 Å². The van der Waals surface area contributed by atoms with Gasteiger partial charge in [-0.15, -0.1) is 0 Å². The lowest BCUT2D eigenvalue weighted by Crippen LogP contribution is -2.57. The van der Waals surface area contributed by atoms with Crippen LogP contribution in [0.1, 0.15) is 46.0 Å². The Morgan fingerprint density at radius 3 is 2.65 bits per heavy atom. The summed E-state index contributed by atoms with van der Waals surface area (Å²) < 4.78 is 10.7. The van der Waals surface area contributed by atoms with Gasteiger partial charge in [0.1, 0.15) is 0 Å². The largest absolute Gasteiger partial charge is 0.382 e. The van der Waals surface area contributed by atoms with Crippen LogP contribution in [0.25, 0.3) is 0 Å². The second-order valence-corrected chi connectivity index (χ2v) is 6.22. The lowest BCUT2D eigenvalue weighted by atomic mass is 9.75. The van der Waals surface area contributed by atoms with E-state index >= 15 is 0 Å². The minimum absolute atomic E-state index is 0.207. The molecule has 0 aliphatic heterocycles. The van der Waals surface area contributed by atoms with Crippen molar-refractivity contribution in [1.82, 2.24) is 4.90 Å². The van der Waals surface area contributed by atoms with Crippen LogP contribution >= 0.6 is 0 Å². The van der Waals surface area contributed by atoms with E-state index in [1.54, 1.807) is 7.11 Å². The molecule has 0 bridgehead atoms. The summed E-state index contributed by atoms with van der Waals surface area (Å²) in [5.74, 6) is 0.793. The molecule has 1 aliphatic carbocycles. The Bertz CT molecular complexity index is 251. The van der Waals surface area contributed by atoms with Crippen molar-refractivity contribution >= 4 is 0 Å². The van der Waals surface area contributed by atoms with Crippen molar-refractivity contribution in [3.8, 4) is 0 Å². The van der Waals surface area contributed by atoms with E-state index in [0.29, 0.717) is 13.2 Å². The van der Waals surface area contributed by atoms with Crippen LogP contribution in [-0.4, -0.2) is 57.0 Å². The summed E-state index contributed by atoms with van der Waals surface area (Å²) in [4.78, 5) is 2.59. The predicted octanol–water partition coefficient (Wildman–Crippen LogP) is 2.27. The van der Waals surface area contributed by atoms with Gasteiger partial charge in [-0.2, -0.15) is 0 Å². The number of rotatable bonds is 10. The molecule has 20 heavy (non-hydrogen) atoms. The first-order valence-electron chi connectivity index (χ1n) is 8.20. The summed E-state index contributed by atoms with van der Waals surface area (Å²) in [6, 6.07) is 0. The molecule has 0 saturated heterocycles. The number of hydrogen-bond acceptors (Lipinski definition) is 4. The van der Waals surface area contributed by atoms with Crippen LogP contribution in [-0.2, 0) is 9.47 Å². The maximum Gasteiger partial charge on any atom is 0.0700 e. The number of nitrogens with zero attached hydrogens (tertiary/aromatic N) is 1. The fourth-order valence-corrected chi connectivity index (χ4v) is 3.51. The normalized spacial score (nSPS) is 27.1. The standard InChI is InChI=1S/C16H34N2O2/c1-4-8-18(9-10-20-12-11-19-3)16(14-17)7-5-6-15(2)13-16/h15H,4-14,17H2,1-3H3. The highest BCUT2D eigenvalue weighted by atomic mass is 16.5. The molecule has 0 spiro atoms. The number of methoxy groups -OCH3 is 1. The number of hydrogen-bond donors (Lipinski definition) is 1. The molecular formula is C16H34N2O2. The molecule has 120 valence electrons. The number of ether oxygens (including phenoxy) is 2. The molecule has 0 aromatic carbocycles. The van der Waals surface area contributed by atoms with Crippen molar-refractivity contribution in [2.45, 2.75) is 51.5 Å². The van der Waals surface area contributed by atoms with Gasteiger partial charge in [-0.1, -0.05) is 26.7 Å². The van der Waals surface area contributed by atoms with E-state index in [-0.39, 0.29) is 5.54 Å². The van der Waals surface area contributed by atoms with Crippen LogP contribution in [0, 0.1) is 5.92 Å². The fraction of sp³-hybridized carbons (Fsp3) is 1.00. The molecule has 2 atom stereocenters. The van der Waals surface area contributed by atoms with Gasteiger partial charge in [0.25, 0.3) is 0 Å². The Morgan fingerprint density at radius 1 is 1.25 bits per heavy atom. The minimum Gasteiger partial charge on any atom is -0.382 e. The highest BCUT2D eigenvalue weighted by Gasteiger charge is 2.38. The van der Waals surface area contributed by atoms with Crippen LogP contribution in [0.4, 0.5) is 0 Å². The van der Waals surface area contributed by atoms with Gasteiger partial charge in [-0.25, -0.2) is 0 Å². The minimum atomic E-state index is 0.207. The Labute approximate surface area is 125 Å². The summed E-state index contributed by atoms with van der Waals surface area (Å²) in [5.41, 5.74) is 6.39. The summed E-state index contributed by atoms with van der Waals surface area (Å²) in [7, 11) is 1.71. The third kappa shape index (κ3) is 5.32. The van der Waals surface area contributed by atoms with Gasteiger partial charge in [0.05, 0.1) is 19.8 Å². The van der Waals surface area contributed by atoms with Crippen molar-refractivity contribution in [1.29, 1.82) is 0 Å². The second kappa shape index (κ2) is 9.72. The van der Waals surface area contributed by atoms with Crippen molar-refractivity contribution in [3.05, 3.63) is 0 Å². The summed E-state index contributed by atoms with van der Waals surface area (Å²) >= 11 is 0. The van der Waals surface area contributed by atoms with Crippen molar-refractivity contribution in [2.75, 3.05) is 46.6 Å². The van der Waals surface area contributed by atoms with Crippen molar-refractivity contribution in [2.24, 2.45) is 11.7 Å². The highest BCUT2D eigenvalue weighted by Crippen LogP contribution is 2.36. The van der Waals surface area contributed by atoms with Crippen molar-refractivity contribution in [3.63, 3.8) is 0 Å². The lowest BCUT2D eigenvalue weighted by molar-refractivity contribution is 0.00293. The van der Waals surface area contributed by atoms with Crippen LogP contribution in [0.15, 0.2) is 0 Å². The second-order valence-electron chi connectivity index (χ2n) is 6.22. The molecular weight excluding hydrogens is 252 g/mol. The quantitative estimate of drug-likeness (QED) is 0.626. The molecule has 4 heteroatoms. The first-order valence-corrected chi connectivity index (χ1v) is 8.20. The van der Waals surface area contributed by atoms with Gasteiger partial charge >= 0.3 is 0 Å². The molecule has 1 saturated carbocycles. The van der Waals surface area contributed by atoms with E-state index in [0.717, 1.165) is 32.2 Å². The average Bonchev–Trinajstić information content (AvgIpc) is 2.45. The predicted molar refractivity (Wildman–Crippen MR) is 84.0 cm³/mol. The Balaban J connectivity index is 2.52. The van der Waals surface area contributed by atoms with Gasteiger partial charge in [-0.3, -0.25) is 4.90 Å². The molecule has 0 heterocycles. The Morgan fingerprint density at radius 2 is 2.05 bits per heavy atom. The molecule has 0 aromatic rings. The van der Waals surface area contributed by atoms with Gasteiger partial charge < -0.3 is 15.2 Å². The molecule has 2 unspecified atom stereocenters. The zero-order valence-corrected chi connectivity index (χ0v) is 13.7. The van der Waals surface area contributed by atoms with E-state index in [1.807, 2.05) is 0 Å². The maximum absolute atomic E-state index is 6.18. The zero-order valence-electron chi connectivity index (χ0n) is 13.7. The lowest BCUT2D eigenvalue weighted by Gasteiger charge is -2.48. The van der Waals surface area contributed by atoms with E-state index in [4.69, 9.17) is 15.2 Å². The fourth-order valence-electron chi connectivity index (χ4n) is 3.51. The van der Waals surface area contributed by atoms with E-state index < -0.39 is 0 Å². The molecule has 4 nitrogen and oxygen atoms in total. The molecule has 0 aromatic heterocycles. The highest BCUT2D eigenvalue weighted by molar-refractivity contribution is 4.95. The molecule has 0 radical (unpaired) electrons. The van der Waals surface area contributed by atoms with Gasteiger partial charge in [0, 0.05) is 25.7 Å². The maximum atomic E-state index is 6.18. The van der Waals surface area contributed by atoms with Gasteiger partial charge in [0.15, 0.2) is 0 Å². The molecule has 1 fully saturated rings. The third-order valence-corrected chi connectivity index (χ3v) is 4.55. The topological polar surface area (TPSA) is 47.7 Å². The van der Waals surface area contributed by atoms with Crippen LogP contribution < -0.4 is 5.73 Å². The van der Waals surface area contributed by atoms with Crippen LogP contribution in [0.2, 0.25) is 0 Å². The first-order chi connectivity index (χ1) is 9.68. The Hall–Kier alpha value is -0.160. The first kappa shape index (κ1) is 17.9. The summed E-state index contributed by atoms with van der Waals surface area (Å²) in [6.45, 7) is 9.63. The average molecular weight is 286 g/mol. The molecule has 0 amide bonds. The van der Waals surface area contributed by atoms with Gasteiger partial charge in [-0.05, 0) is 31.7 Å². The van der Waals surface area contributed by atoms with E-state index in [1.165, 1.54) is 32.1 Å². The monoisotopic (exact) mass is 286 g/mol. The van der Waals surface area contributed by atoms with E-state index in [2.05, 4.69) is 18.7 Å². The summed E-state index contributed by atoms with van der Waals surface area (Å²) in [5, 5.41) is 0. The smallest absolute Gasteiger partial charge is 0.0700 e. The molecule has 2 N–H and O–H groups in total. The number of nitrogens with two attached hydrogens (primary N) is 1.